The van der Waals surface area contributed by atoms with E-state index in [-0.39, 0.29) is 17.3 Å². The maximum atomic E-state index is 13.7. The fraction of sp³-hybridized carbons (Fsp3) is 0.500. The maximum absolute atomic E-state index is 13.7. The van der Waals surface area contributed by atoms with Crippen molar-refractivity contribution in [1.82, 2.24) is 10.2 Å². The molecule has 7 heteroatoms. The number of nitrogens with one attached hydrogen (secondary N) is 1. The molecule has 0 saturated carbocycles. The second-order valence-electron chi connectivity index (χ2n) is 5.13. The van der Waals surface area contributed by atoms with E-state index in [1.165, 1.54) is 0 Å². The molecule has 1 aromatic carbocycles. The van der Waals surface area contributed by atoms with Crippen LogP contribution in [0.4, 0.5) is 10.1 Å². The summed E-state index contributed by atoms with van der Waals surface area (Å²) in [6, 6.07) is 2.92. The van der Waals surface area contributed by atoms with E-state index in [9.17, 15) is 19.3 Å². The minimum atomic E-state index is -0.749. The molecule has 1 unspecified atom stereocenters. The zero-order valence-corrected chi connectivity index (χ0v) is 11.8. The normalized spacial score (nSPS) is 19.2. The van der Waals surface area contributed by atoms with Gasteiger partial charge in [-0.2, -0.15) is 0 Å². The van der Waals surface area contributed by atoms with Crippen LogP contribution in [-0.4, -0.2) is 41.4 Å². The standard InChI is InChI=1S/C14H18FN3O3/c1-2-17-7-3-4-10(9-17)16-14(19)12-8-11(18(20)21)5-6-13(12)15/h5-6,8,10H,2-4,7,9H2,1H3,(H,16,19). The third kappa shape index (κ3) is 3.75. The number of amides is 1. The number of piperidine rings is 1. The van der Waals surface area contributed by atoms with Gasteiger partial charge in [-0.3, -0.25) is 14.9 Å². The van der Waals surface area contributed by atoms with Crippen LogP contribution in [-0.2, 0) is 0 Å². The molecule has 1 N–H and O–H groups in total. The summed E-state index contributed by atoms with van der Waals surface area (Å²) in [5.74, 6) is -1.35. The van der Waals surface area contributed by atoms with Crippen molar-refractivity contribution in [2.75, 3.05) is 19.6 Å². The third-order valence-electron chi connectivity index (χ3n) is 3.69. The van der Waals surface area contributed by atoms with Gasteiger partial charge in [0.1, 0.15) is 5.82 Å². The number of benzene rings is 1. The van der Waals surface area contributed by atoms with Gasteiger partial charge >= 0.3 is 0 Å². The number of carbonyl (C=O) groups is 1. The van der Waals surface area contributed by atoms with Crippen LogP contribution in [0.5, 0.6) is 0 Å². The number of likely N-dealkylation sites (N-methyl/N-ethyl adjacent to an activating group) is 1. The summed E-state index contributed by atoms with van der Waals surface area (Å²) in [4.78, 5) is 24.4. The van der Waals surface area contributed by atoms with Crippen LogP contribution in [0.15, 0.2) is 18.2 Å². The molecule has 0 bridgehead atoms. The van der Waals surface area contributed by atoms with Crippen molar-refractivity contribution in [3.05, 3.63) is 39.7 Å². The minimum absolute atomic E-state index is 0.0511. The number of rotatable bonds is 4. The number of nitro groups is 1. The molecule has 1 aromatic rings. The van der Waals surface area contributed by atoms with Crippen molar-refractivity contribution in [3.63, 3.8) is 0 Å². The molecule has 1 atom stereocenters. The molecule has 114 valence electrons. The van der Waals surface area contributed by atoms with Gasteiger partial charge in [-0.05, 0) is 32.0 Å². The van der Waals surface area contributed by atoms with Crippen LogP contribution in [0.25, 0.3) is 0 Å². The van der Waals surface area contributed by atoms with Crippen LogP contribution in [0.2, 0.25) is 0 Å². The van der Waals surface area contributed by atoms with E-state index in [2.05, 4.69) is 10.2 Å². The molecular weight excluding hydrogens is 277 g/mol. The first-order valence-corrected chi connectivity index (χ1v) is 6.98. The average Bonchev–Trinajstić information content (AvgIpc) is 2.47. The summed E-state index contributed by atoms with van der Waals surface area (Å²) in [7, 11) is 0. The van der Waals surface area contributed by atoms with E-state index in [4.69, 9.17) is 0 Å². The van der Waals surface area contributed by atoms with Gasteiger partial charge in [0.2, 0.25) is 0 Å². The Bertz CT molecular complexity index is 550. The molecule has 0 radical (unpaired) electrons. The van der Waals surface area contributed by atoms with E-state index in [1.807, 2.05) is 6.92 Å². The number of non-ortho nitro benzene ring substituents is 1. The van der Waals surface area contributed by atoms with Crippen LogP contribution >= 0.6 is 0 Å². The van der Waals surface area contributed by atoms with Gasteiger partial charge in [0.05, 0.1) is 10.5 Å². The number of nitrogens with zero attached hydrogens (tertiary/aromatic N) is 2. The van der Waals surface area contributed by atoms with E-state index in [0.29, 0.717) is 0 Å². The largest absolute Gasteiger partial charge is 0.348 e. The number of likely N-dealkylation sites (tertiary alicyclic amines) is 1. The Morgan fingerprint density at radius 3 is 3.00 bits per heavy atom. The molecule has 1 saturated heterocycles. The Kier molecular flexibility index (Phi) is 4.85. The molecule has 0 spiro atoms. The fourth-order valence-corrected chi connectivity index (χ4v) is 2.52. The average molecular weight is 295 g/mol. The van der Waals surface area contributed by atoms with Gasteiger partial charge in [0.15, 0.2) is 0 Å². The fourth-order valence-electron chi connectivity index (χ4n) is 2.52. The van der Waals surface area contributed by atoms with Gasteiger partial charge in [-0.25, -0.2) is 4.39 Å². The molecule has 6 nitrogen and oxygen atoms in total. The number of hydrogen-bond acceptors (Lipinski definition) is 4. The zero-order chi connectivity index (χ0) is 15.4. The van der Waals surface area contributed by atoms with Crippen LogP contribution < -0.4 is 5.32 Å². The SMILES string of the molecule is CCN1CCCC(NC(=O)c2cc([N+](=O)[O-])ccc2F)C1. The summed E-state index contributed by atoms with van der Waals surface area (Å²) in [6.07, 6.45) is 1.80. The predicted molar refractivity (Wildman–Crippen MR) is 75.7 cm³/mol. The van der Waals surface area contributed by atoms with Crippen LogP contribution in [0.1, 0.15) is 30.1 Å². The maximum Gasteiger partial charge on any atom is 0.270 e. The number of halogens is 1. The summed E-state index contributed by atoms with van der Waals surface area (Å²) in [5, 5.41) is 13.5. The molecule has 0 aliphatic carbocycles. The quantitative estimate of drug-likeness (QED) is 0.680. The van der Waals surface area contributed by atoms with E-state index < -0.39 is 16.6 Å². The van der Waals surface area contributed by atoms with Crippen molar-refractivity contribution in [2.24, 2.45) is 0 Å². The highest BCUT2D eigenvalue weighted by molar-refractivity contribution is 5.95. The summed E-state index contributed by atoms with van der Waals surface area (Å²) >= 11 is 0. The first-order valence-electron chi connectivity index (χ1n) is 6.98. The second-order valence-corrected chi connectivity index (χ2v) is 5.13. The second kappa shape index (κ2) is 6.62. The Labute approximate surface area is 122 Å². The molecule has 1 aliphatic heterocycles. The lowest BCUT2D eigenvalue weighted by Crippen LogP contribution is -2.47. The van der Waals surface area contributed by atoms with Gasteiger partial charge in [0.25, 0.3) is 11.6 Å². The summed E-state index contributed by atoms with van der Waals surface area (Å²) < 4.78 is 13.7. The van der Waals surface area contributed by atoms with E-state index in [0.717, 1.165) is 50.7 Å². The summed E-state index contributed by atoms with van der Waals surface area (Å²) in [5.41, 5.74) is -0.571. The first-order chi connectivity index (χ1) is 10.0. The molecule has 2 rings (SSSR count). The van der Waals surface area contributed by atoms with Gasteiger partial charge in [-0.15, -0.1) is 0 Å². The Balaban J connectivity index is 2.09. The molecule has 0 aromatic heterocycles. The lowest BCUT2D eigenvalue weighted by Gasteiger charge is -2.32. The topological polar surface area (TPSA) is 75.5 Å². The minimum Gasteiger partial charge on any atom is -0.348 e. The number of carbonyl (C=O) groups excluding carboxylic acids is 1. The molecule has 21 heavy (non-hydrogen) atoms. The first kappa shape index (κ1) is 15.4. The van der Waals surface area contributed by atoms with Crippen molar-refractivity contribution in [3.8, 4) is 0 Å². The lowest BCUT2D eigenvalue weighted by atomic mass is 10.0. The molecule has 1 amide bonds. The monoisotopic (exact) mass is 295 g/mol. The molecular formula is C14H18FN3O3. The van der Waals surface area contributed by atoms with Crippen molar-refractivity contribution >= 4 is 11.6 Å². The van der Waals surface area contributed by atoms with Crippen molar-refractivity contribution in [1.29, 1.82) is 0 Å². The smallest absolute Gasteiger partial charge is 0.270 e. The molecule has 1 fully saturated rings. The third-order valence-corrected chi connectivity index (χ3v) is 3.69. The van der Waals surface area contributed by atoms with Crippen molar-refractivity contribution < 1.29 is 14.1 Å². The van der Waals surface area contributed by atoms with Crippen LogP contribution in [0, 0.1) is 15.9 Å². The highest BCUT2D eigenvalue weighted by atomic mass is 19.1. The Morgan fingerprint density at radius 2 is 2.33 bits per heavy atom. The Hall–Kier alpha value is -2.02. The van der Waals surface area contributed by atoms with Gasteiger partial charge in [-0.1, -0.05) is 6.92 Å². The summed E-state index contributed by atoms with van der Waals surface area (Å²) in [6.45, 7) is 4.66. The highest BCUT2D eigenvalue weighted by Crippen LogP contribution is 2.17. The molecule has 1 aliphatic rings. The molecule has 1 heterocycles. The van der Waals surface area contributed by atoms with Gasteiger partial charge in [0, 0.05) is 24.7 Å². The van der Waals surface area contributed by atoms with Gasteiger partial charge < -0.3 is 10.2 Å². The van der Waals surface area contributed by atoms with Crippen LogP contribution in [0.3, 0.4) is 0 Å². The number of hydrogen-bond donors (Lipinski definition) is 1. The van der Waals surface area contributed by atoms with Crippen molar-refractivity contribution in [2.45, 2.75) is 25.8 Å². The number of nitro benzene ring substituents is 1. The van der Waals surface area contributed by atoms with E-state index >= 15 is 0 Å². The Morgan fingerprint density at radius 1 is 1.57 bits per heavy atom. The highest BCUT2D eigenvalue weighted by Gasteiger charge is 2.23. The lowest BCUT2D eigenvalue weighted by molar-refractivity contribution is -0.384. The predicted octanol–water partition coefficient (Wildman–Crippen LogP) is 1.95. The van der Waals surface area contributed by atoms with E-state index in [1.54, 1.807) is 0 Å². The zero-order valence-electron chi connectivity index (χ0n) is 11.8.